The topological polar surface area (TPSA) is 113 Å². The van der Waals surface area contributed by atoms with Gasteiger partial charge in [0.2, 0.25) is 0 Å². The molecule has 0 rings (SSSR count). The zero-order chi connectivity index (χ0) is 27.0. The first-order valence-corrected chi connectivity index (χ1v) is 10.0. The second-order valence-electron chi connectivity index (χ2n) is 3.33. The summed E-state index contributed by atoms with van der Waals surface area (Å²) in [7, 11) is -4.22. The van der Waals surface area contributed by atoms with Gasteiger partial charge in [0.15, 0.2) is 0 Å². The van der Waals surface area contributed by atoms with Gasteiger partial charge >= 0.3 is 10.4 Å². The number of rotatable bonds is 6. The minimum absolute atomic E-state index is 0.0266. The van der Waals surface area contributed by atoms with Crippen LogP contribution in [0.1, 0.15) is 27.7 Å². The van der Waals surface area contributed by atoms with Crippen molar-refractivity contribution < 1.29 is 32.1 Å². The molecule has 0 amide bonds. The minimum Gasteiger partial charge on any atom is -0.394 e. The number of aliphatic hydroxyl groups excluding tert-OH is 2. The molecule has 0 fully saturated rings. The summed E-state index contributed by atoms with van der Waals surface area (Å²) >= 11 is 0. The molecule has 186 valence electrons. The van der Waals surface area contributed by atoms with Crippen molar-refractivity contribution in [3.63, 3.8) is 0 Å². The number of hydrogen-bond acceptors (Lipinski definition) is 6. The van der Waals surface area contributed by atoms with Gasteiger partial charge in [-0.05, 0) is 19.8 Å². The van der Waals surface area contributed by atoms with Crippen LogP contribution in [0.5, 0.6) is 0 Å². The summed E-state index contributed by atoms with van der Waals surface area (Å²) in [5.41, 5.74) is 0. The molecule has 0 unspecified atom stereocenters. The molecule has 3 N–H and O–H groups in total. The fraction of sp³-hybridized carbons (Fsp3) is 0.455. The van der Waals surface area contributed by atoms with Crippen LogP contribution < -0.4 is 0 Å². The highest BCUT2D eigenvalue weighted by Gasteiger charge is 2.04. The van der Waals surface area contributed by atoms with Crippen LogP contribution in [-0.2, 0) is 19.3 Å². The van der Waals surface area contributed by atoms with Crippen molar-refractivity contribution in [2.24, 2.45) is 5.92 Å². The second-order valence-corrected chi connectivity index (χ2v) is 4.43. The molecule has 0 aliphatic rings. The Labute approximate surface area is 188 Å². The first-order valence-electron chi connectivity index (χ1n) is 8.66. The normalized spacial score (nSPS) is 6.93. The zero-order valence-corrected chi connectivity index (χ0v) is 20.8. The van der Waals surface area contributed by atoms with Gasteiger partial charge < -0.3 is 14.9 Å². The van der Waals surface area contributed by atoms with Crippen LogP contribution in [0.25, 0.3) is 0 Å². The van der Waals surface area contributed by atoms with E-state index in [0.717, 1.165) is 13.2 Å². The van der Waals surface area contributed by atoms with Crippen molar-refractivity contribution in [2.75, 3.05) is 33.0 Å². The van der Waals surface area contributed by atoms with Gasteiger partial charge in [0.25, 0.3) is 0 Å². The van der Waals surface area contributed by atoms with Gasteiger partial charge in [-0.2, -0.15) is 8.42 Å². The van der Waals surface area contributed by atoms with Gasteiger partial charge in [-0.3, -0.25) is 4.55 Å². The molecule has 30 heavy (non-hydrogen) atoms. The van der Waals surface area contributed by atoms with E-state index in [0.29, 0.717) is 0 Å². The third-order valence-electron chi connectivity index (χ3n) is 1.06. The van der Waals surface area contributed by atoms with Crippen LogP contribution in [0.3, 0.4) is 0 Å². The van der Waals surface area contributed by atoms with Crippen LogP contribution in [0.4, 0.5) is 0 Å². The van der Waals surface area contributed by atoms with Crippen molar-refractivity contribution in [3.05, 3.63) is 78.9 Å². The van der Waals surface area contributed by atoms with Gasteiger partial charge in [0.1, 0.15) is 0 Å². The van der Waals surface area contributed by atoms with Gasteiger partial charge in [-0.25, -0.2) is 4.18 Å². The van der Waals surface area contributed by atoms with E-state index >= 15 is 0 Å². The molecular formula is C22H50O7S. The lowest BCUT2D eigenvalue weighted by Gasteiger charge is -2.00. The van der Waals surface area contributed by atoms with Gasteiger partial charge in [0.05, 0.1) is 19.8 Å². The largest absolute Gasteiger partial charge is 0.397 e. The predicted molar refractivity (Wildman–Crippen MR) is 136 cm³/mol. The van der Waals surface area contributed by atoms with Gasteiger partial charge in [-0.15, -0.1) is 78.9 Å². The average molecular weight is 459 g/mol. The quantitative estimate of drug-likeness (QED) is 0.366. The summed E-state index contributed by atoms with van der Waals surface area (Å²) in [6, 6.07) is 0. The predicted octanol–water partition coefficient (Wildman–Crippen LogP) is 5.29. The third-order valence-corrected chi connectivity index (χ3v) is 1.49. The highest BCUT2D eigenvalue weighted by molar-refractivity contribution is 7.80. The Balaban J connectivity index is -0.0000000261. The Morgan fingerprint density at radius 2 is 0.933 bits per heavy atom. The van der Waals surface area contributed by atoms with E-state index in [9.17, 15) is 8.42 Å². The van der Waals surface area contributed by atoms with E-state index in [-0.39, 0.29) is 25.7 Å². The maximum atomic E-state index is 9.87. The Hall–Kier alpha value is -1.81. The molecule has 0 saturated carbocycles. The maximum absolute atomic E-state index is 9.87. The minimum atomic E-state index is -4.22. The molecule has 0 atom stereocenters. The average Bonchev–Trinajstić information content (AvgIpc) is 2.81. The molecule has 0 aromatic carbocycles. The summed E-state index contributed by atoms with van der Waals surface area (Å²) in [5.74, 6) is 0.104. The van der Waals surface area contributed by atoms with E-state index in [2.05, 4.69) is 83.1 Å². The Bertz CT molecular complexity index is 289. The SMILES string of the molecule is C=C.C=C.C=C.C=C.C=C.C=C.CC(C)COS(=O)(=O)O.CCOCC.OCCO. The molecule has 0 aromatic heterocycles. The molecule has 0 aliphatic heterocycles. The van der Waals surface area contributed by atoms with Crippen LogP contribution in [0, 0.1) is 5.92 Å². The van der Waals surface area contributed by atoms with Crippen molar-refractivity contribution in [3.8, 4) is 0 Å². The van der Waals surface area contributed by atoms with E-state index < -0.39 is 10.4 Å². The molecule has 0 aromatic rings. The fourth-order valence-electron chi connectivity index (χ4n) is 0.426. The van der Waals surface area contributed by atoms with Crippen molar-refractivity contribution in [2.45, 2.75) is 27.7 Å². The lowest BCUT2D eigenvalue weighted by molar-refractivity contribution is 0.162. The van der Waals surface area contributed by atoms with Crippen molar-refractivity contribution in [1.82, 2.24) is 0 Å². The fourth-order valence-corrected chi connectivity index (χ4v) is 0.870. The lowest BCUT2D eigenvalue weighted by Crippen LogP contribution is -2.08. The summed E-state index contributed by atoms with van der Waals surface area (Å²) in [4.78, 5) is 0. The number of aliphatic hydroxyl groups is 2. The van der Waals surface area contributed by atoms with Crippen LogP contribution in [-0.4, -0.2) is 56.2 Å². The zero-order valence-electron chi connectivity index (χ0n) is 20.0. The molecule has 0 bridgehead atoms. The van der Waals surface area contributed by atoms with Crippen LogP contribution in [0.15, 0.2) is 78.9 Å². The molecule has 0 heterocycles. The van der Waals surface area contributed by atoms with Gasteiger partial charge in [0, 0.05) is 13.2 Å². The standard InChI is InChI=1S/C4H10O4S.C4H10O.C2H6O2.6C2H4/c1-4(2)3-8-9(5,6)7;1-3-5-4-2;3-1-2-4;6*1-2/h4H,3H2,1-2H3,(H,5,6,7);3-4H2,1-2H3;3-4H,1-2H2;6*1-2H2. The number of hydrogen-bond donors (Lipinski definition) is 3. The smallest absolute Gasteiger partial charge is 0.394 e. The second kappa shape index (κ2) is 92.6. The Morgan fingerprint density at radius 1 is 0.700 bits per heavy atom. The molecule has 0 aliphatic carbocycles. The summed E-state index contributed by atoms with van der Waals surface area (Å²) in [6.45, 7) is 45.0. The highest BCUT2D eigenvalue weighted by Crippen LogP contribution is 1.95. The van der Waals surface area contributed by atoms with Gasteiger partial charge in [-0.1, -0.05) is 13.8 Å². The first-order chi connectivity index (χ1) is 14.2. The van der Waals surface area contributed by atoms with E-state index in [4.69, 9.17) is 19.5 Å². The Kier molecular flexibility index (Phi) is 175. The number of ether oxygens (including phenoxy) is 1. The first kappa shape index (κ1) is 56.6. The summed E-state index contributed by atoms with van der Waals surface area (Å²) in [5, 5.41) is 15.2. The molecule has 8 heteroatoms. The lowest BCUT2D eigenvalue weighted by atomic mass is 10.2. The summed E-state index contributed by atoms with van der Waals surface area (Å²) in [6.07, 6.45) is 0. The molecule has 0 saturated heterocycles. The van der Waals surface area contributed by atoms with Crippen LogP contribution in [0.2, 0.25) is 0 Å². The molecule has 7 nitrogen and oxygen atoms in total. The van der Waals surface area contributed by atoms with E-state index in [1.54, 1.807) is 13.8 Å². The van der Waals surface area contributed by atoms with E-state index in [1.807, 2.05) is 13.8 Å². The Morgan fingerprint density at radius 3 is 0.967 bits per heavy atom. The van der Waals surface area contributed by atoms with Crippen LogP contribution >= 0.6 is 0 Å². The third kappa shape index (κ3) is 321. The maximum Gasteiger partial charge on any atom is 0.397 e. The molecular weight excluding hydrogens is 408 g/mol. The highest BCUT2D eigenvalue weighted by atomic mass is 32.3. The molecule has 0 spiro atoms. The molecule has 0 radical (unpaired) electrons. The monoisotopic (exact) mass is 458 g/mol. The van der Waals surface area contributed by atoms with Crippen molar-refractivity contribution in [1.29, 1.82) is 0 Å². The van der Waals surface area contributed by atoms with Crippen molar-refractivity contribution >= 4 is 10.4 Å². The van der Waals surface area contributed by atoms with E-state index in [1.165, 1.54) is 0 Å². The summed E-state index contributed by atoms with van der Waals surface area (Å²) < 4.78 is 36.6.